The van der Waals surface area contributed by atoms with E-state index < -0.39 is 0 Å². The Labute approximate surface area is 133 Å². The van der Waals surface area contributed by atoms with E-state index in [0.717, 1.165) is 38.2 Å². The third kappa shape index (κ3) is 4.47. The number of piperidine rings is 1. The largest absolute Gasteiger partial charge is 0.492 e. The van der Waals surface area contributed by atoms with Crippen LogP contribution in [0.4, 0.5) is 0 Å². The normalized spacial score (nSPS) is 16.5. The van der Waals surface area contributed by atoms with Crippen LogP contribution in [0.3, 0.4) is 0 Å². The number of carbonyl (C=O) groups excluding carboxylic acids is 1. The monoisotopic (exact) mass is 305 g/mol. The minimum absolute atomic E-state index is 0.0334. The summed E-state index contributed by atoms with van der Waals surface area (Å²) in [4.78, 5) is 14.1. The van der Waals surface area contributed by atoms with Crippen LogP contribution in [0.25, 0.3) is 0 Å². The smallest absolute Gasteiger partial charge is 0.309 e. The Bertz CT molecular complexity index is 473. The summed E-state index contributed by atoms with van der Waals surface area (Å²) in [6, 6.07) is 6.21. The van der Waals surface area contributed by atoms with Crippen molar-refractivity contribution in [3.05, 3.63) is 29.3 Å². The molecule has 1 fully saturated rings. The van der Waals surface area contributed by atoms with Gasteiger partial charge in [0.05, 0.1) is 12.5 Å². The molecule has 0 aliphatic carbocycles. The van der Waals surface area contributed by atoms with Crippen LogP contribution >= 0.6 is 0 Å². The molecule has 4 nitrogen and oxygen atoms in total. The molecule has 0 atom stereocenters. The fraction of sp³-hybridized carbons (Fsp3) is 0.611. The van der Waals surface area contributed by atoms with E-state index in [1.165, 1.54) is 11.1 Å². The summed E-state index contributed by atoms with van der Waals surface area (Å²) in [6.45, 7) is 9.97. The lowest BCUT2D eigenvalue weighted by atomic mass is 9.97. The maximum atomic E-state index is 11.7. The maximum Gasteiger partial charge on any atom is 0.309 e. The fourth-order valence-corrected chi connectivity index (χ4v) is 2.96. The first-order valence-corrected chi connectivity index (χ1v) is 8.19. The van der Waals surface area contributed by atoms with Gasteiger partial charge in [-0.25, -0.2) is 0 Å². The highest BCUT2D eigenvalue weighted by molar-refractivity contribution is 5.72. The van der Waals surface area contributed by atoms with E-state index in [0.29, 0.717) is 13.2 Å². The number of ether oxygens (including phenoxy) is 2. The van der Waals surface area contributed by atoms with E-state index in [4.69, 9.17) is 9.47 Å². The number of nitrogens with zero attached hydrogens (tertiary/aromatic N) is 1. The molecule has 0 amide bonds. The molecule has 22 heavy (non-hydrogen) atoms. The van der Waals surface area contributed by atoms with E-state index in [1.807, 2.05) is 6.92 Å². The average molecular weight is 305 g/mol. The molecule has 0 unspecified atom stereocenters. The first-order chi connectivity index (χ1) is 10.6. The molecule has 1 aliphatic rings. The van der Waals surface area contributed by atoms with E-state index in [1.54, 1.807) is 0 Å². The van der Waals surface area contributed by atoms with Crippen molar-refractivity contribution in [3.8, 4) is 5.75 Å². The van der Waals surface area contributed by atoms with Gasteiger partial charge in [-0.15, -0.1) is 0 Å². The Morgan fingerprint density at radius 2 is 1.86 bits per heavy atom. The van der Waals surface area contributed by atoms with Gasteiger partial charge in [0.1, 0.15) is 12.4 Å². The molecule has 2 rings (SSSR count). The zero-order chi connectivity index (χ0) is 15.9. The molecule has 1 heterocycles. The summed E-state index contributed by atoms with van der Waals surface area (Å²) in [7, 11) is 0. The molecule has 1 aromatic carbocycles. The van der Waals surface area contributed by atoms with Gasteiger partial charge in [-0.2, -0.15) is 0 Å². The Morgan fingerprint density at radius 3 is 2.45 bits per heavy atom. The summed E-state index contributed by atoms with van der Waals surface area (Å²) in [5.41, 5.74) is 2.36. The van der Waals surface area contributed by atoms with Crippen LogP contribution in [0.1, 0.15) is 30.9 Å². The SMILES string of the molecule is CCOC(=O)C1CCN(CCOc2c(C)cccc2C)CC1. The molecule has 0 spiro atoms. The van der Waals surface area contributed by atoms with Gasteiger partial charge in [0.25, 0.3) is 0 Å². The summed E-state index contributed by atoms with van der Waals surface area (Å²) in [6.07, 6.45) is 1.78. The lowest BCUT2D eigenvalue weighted by Gasteiger charge is -2.30. The van der Waals surface area contributed by atoms with Gasteiger partial charge < -0.3 is 9.47 Å². The van der Waals surface area contributed by atoms with Crippen molar-refractivity contribution < 1.29 is 14.3 Å². The lowest BCUT2D eigenvalue weighted by Crippen LogP contribution is -2.39. The molecule has 0 bridgehead atoms. The number of para-hydroxylation sites is 1. The second kappa shape index (κ2) is 8.18. The zero-order valence-electron chi connectivity index (χ0n) is 13.9. The Hall–Kier alpha value is -1.55. The van der Waals surface area contributed by atoms with E-state index in [9.17, 15) is 4.79 Å². The zero-order valence-corrected chi connectivity index (χ0v) is 13.9. The topological polar surface area (TPSA) is 38.8 Å². The van der Waals surface area contributed by atoms with Gasteiger partial charge in [0.2, 0.25) is 0 Å². The van der Waals surface area contributed by atoms with E-state index >= 15 is 0 Å². The molecule has 0 radical (unpaired) electrons. The number of esters is 1. The quantitative estimate of drug-likeness (QED) is 0.758. The highest BCUT2D eigenvalue weighted by atomic mass is 16.5. The highest BCUT2D eigenvalue weighted by Gasteiger charge is 2.25. The van der Waals surface area contributed by atoms with Crippen molar-refractivity contribution in [1.82, 2.24) is 4.90 Å². The van der Waals surface area contributed by atoms with E-state index in [-0.39, 0.29) is 11.9 Å². The summed E-state index contributed by atoms with van der Waals surface area (Å²) < 4.78 is 11.0. The number of hydrogen-bond donors (Lipinski definition) is 0. The standard InChI is InChI=1S/C18H27NO3/c1-4-21-18(20)16-8-10-19(11-9-16)12-13-22-17-14(2)6-5-7-15(17)3/h5-7,16H,4,8-13H2,1-3H3. The molecule has 0 N–H and O–H groups in total. The van der Waals surface area contributed by atoms with Crippen LogP contribution in [-0.4, -0.2) is 43.7 Å². The molecule has 1 aliphatic heterocycles. The predicted molar refractivity (Wildman–Crippen MR) is 87.2 cm³/mol. The summed E-state index contributed by atoms with van der Waals surface area (Å²) in [5, 5.41) is 0. The van der Waals surface area contributed by atoms with Crippen LogP contribution in [0, 0.1) is 19.8 Å². The lowest BCUT2D eigenvalue weighted by molar-refractivity contribution is -0.149. The molecule has 4 heteroatoms. The summed E-state index contributed by atoms with van der Waals surface area (Å²) in [5.74, 6) is 1.05. The van der Waals surface area contributed by atoms with Crippen molar-refractivity contribution in [1.29, 1.82) is 0 Å². The van der Waals surface area contributed by atoms with Crippen LogP contribution in [0.5, 0.6) is 5.75 Å². The fourth-order valence-electron chi connectivity index (χ4n) is 2.96. The Balaban J connectivity index is 1.72. The number of benzene rings is 1. The van der Waals surface area contributed by atoms with Gasteiger partial charge in [-0.05, 0) is 57.8 Å². The van der Waals surface area contributed by atoms with E-state index in [2.05, 4.69) is 36.9 Å². The maximum absolute atomic E-state index is 11.7. The second-order valence-electron chi connectivity index (χ2n) is 5.94. The van der Waals surface area contributed by atoms with Gasteiger partial charge >= 0.3 is 5.97 Å². The minimum atomic E-state index is -0.0334. The minimum Gasteiger partial charge on any atom is -0.492 e. The number of hydrogen-bond acceptors (Lipinski definition) is 4. The van der Waals surface area contributed by atoms with Crippen LogP contribution in [-0.2, 0) is 9.53 Å². The molecule has 0 aromatic heterocycles. The third-order valence-electron chi connectivity index (χ3n) is 4.27. The third-order valence-corrected chi connectivity index (χ3v) is 4.27. The van der Waals surface area contributed by atoms with Crippen LogP contribution < -0.4 is 4.74 Å². The first kappa shape index (κ1) is 16.8. The number of likely N-dealkylation sites (tertiary alicyclic amines) is 1. The average Bonchev–Trinajstić information content (AvgIpc) is 2.51. The first-order valence-electron chi connectivity index (χ1n) is 8.19. The highest BCUT2D eigenvalue weighted by Crippen LogP contribution is 2.23. The molecule has 0 saturated carbocycles. The van der Waals surface area contributed by atoms with Crippen molar-refractivity contribution in [3.63, 3.8) is 0 Å². The van der Waals surface area contributed by atoms with Gasteiger partial charge in [0.15, 0.2) is 0 Å². The van der Waals surface area contributed by atoms with Crippen molar-refractivity contribution in [2.24, 2.45) is 5.92 Å². The van der Waals surface area contributed by atoms with Gasteiger partial charge in [0, 0.05) is 6.54 Å². The van der Waals surface area contributed by atoms with Gasteiger partial charge in [-0.3, -0.25) is 9.69 Å². The number of aryl methyl sites for hydroxylation is 2. The number of rotatable bonds is 6. The Kier molecular flexibility index (Phi) is 6.25. The van der Waals surface area contributed by atoms with Crippen LogP contribution in [0.2, 0.25) is 0 Å². The number of carbonyl (C=O) groups is 1. The van der Waals surface area contributed by atoms with Crippen molar-refractivity contribution in [2.75, 3.05) is 32.8 Å². The molecule has 1 aromatic rings. The molecular weight excluding hydrogens is 278 g/mol. The molecular formula is C18H27NO3. The van der Waals surface area contributed by atoms with Crippen molar-refractivity contribution in [2.45, 2.75) is 33.6 Å². The second-order valence-corrected chi connectivity index (χ2v) is 5.94. The predicted octanol–water partition coefficient (Wildman–Crippen LogP) is 2.96. The van der Waals surface area contributed by atoms with Gasteiger partial charge in [-0.1, -0.05) is 18.2 Å². The van der Waals surface area contributed by atoms with Crippen molar-refractivity contribution >= 4 is 5.97 Å². The molecule has 1 saturated heterocycles. The Morgan fingerprint density at radius 1 is 1.23 bits per heavy atom. The van der Waals surface area contributed by atoms with Crippen LogP contribution in [0.15, 0.2) is 18.2 Å². The molecule has 122 valence electrons. The summed E-state index contributed by atoms with van der Waals surface area (Å²) >= 11 is 0.